The van der Waals surface area contributed by atoms with E-state index in [1.165, 1.54) is 11.8 Å². The van der Waals surface area contributed by atoms with Gasteiger partial charge in [0, 0.05) is 4.47 Å². The van der Waals surface area contributed by atoms with Crippen molar-refractivity contribution in [1.29, 1.82) is 0 Å². The number of aliphatic imine (C=N–C) groups is 1. The molecular weight excluding hydrogens is 324 g/mol. The Morgan fingerprint density at radius 2 is 2.00 bits per heavy atom. The number of nitrogens with zero attached hydrogens (tertiary/aromatic N) is 1. The van der Waals surface area contributed by atoms with Crippen LogP contribution in [0.1, 0.15) is 32.4 Å². The van der Waals surface area contributed by atoms with Crippen molar-refractivity contribution < 1.29 is 4.79 Å². The highest BCUT2D eigenvalue weighted by atomic mass is 79.9. The van der Waals surface area contributed by atoms with E-state index in [1.807, 2.05) is 31.2 Å². The van der Waals surface area contributed by atoms with Gasteiger partial charge in [-0.2, -0.15) is 0 Å². The van der Waals surface area contributed by atoms with Crippen molar-refractivity contribution >= 4 is 38.8 Å². The van der Waals surface area contributed by atoms with E-state index in [0.717, 1.165) is 15.2 Å². The molecule has 1 aromatic carbocycles. The average molecular weight is 341 g/mol. The van der Waals surface area contributed by atoms with Crippen LogP contribution >= 0.6 is 27.7 Å². The Balaban J connectivity index is 2.15. The van der Waals surface area contributed by atoms with Gasteiger partial charge in [0.25, 0.3) is 0 Å². The third-order valence-corrected chi connectivity index (χ3v) is 5.16. The van der Waals surface area contributed by atoms with Crippen molar-refractivity contribution in [2.75, 3.05) is 0 Å². The number of amidine groups is 1. The van der Waals surface area contributed by atoms with E-state index in [4.69, 9.17) is 0 Å². The van der Waals surface area contributed by atoms with E-state index >= 15 is 0 Å². The average Bonchev–Trinajstić information content (AvgIpc) is 2.70. The van der Waals surface area contributed by atoms with Crippen LogP contribution in [0.25, 0.3) is 0 Å². The predicted octanol–water partition coefficient (Wildman–Crippen LogP) is 3.75. The Kier molecular flexibility index (Phi) is 4.68. The zero-order valence-electron chi connectivity index (χ0n) is 11.2. The summed E-state index contributed by atoms with van der Waals surface area (Å²) in [4.78, 5) is 16.4. The molecule has 1 heterocycles. The Bertz CT molecular complexity index is 516. The quantitative estimate of drug-likeness (QED) is 0.910. The van der Waals surface area contributed by atoms with Gasteiger partial charge in [-0.1, -0.05) is 59.7 Å². The molecule has 0 spiro atoms. The van der Waals surface area contributed by atoms with Crippen LogP contribution in [-0.2, 0) is 4.79 Å². The van der Waals surface area contributed by atoms with E-state index in [2.05, 4.69) is 40.1 Å². The lowest BCUT2D eigenvalue weighted by atomic mass is 10.1. The number of carbonyl (C=O) groups is 1. The zero-order chi connectivity index (χ0) is 14.0. The van der Waals surface area contributed by atoms with Crippen LogP contribution in [0.3, 0.4) is 0 Å². The van der Waals surface area contributed by atoms with Crippen LogP contribution in [0.15, 0.2) is 33.7 Å². The van der Waals surface area contributed by atoms with Crippen LogP contribution in [-0.4, -0.2) is 16.3 Å². The molecule has 1 fully saturated rings. The van der Waals surface area contributed by atoms with E-state index in [1.54, 1.807) is 0 Å². The maximum atomic E-state index is 11.8. The molecule has 0 saturated carbocycles. The summed E-state index contributed by atoms with van der Waals surface area (Å²) in [6.07, 6.45) is 0. The Morgan fingerprint density at radius 1 is 1.32 bits per heavy atom. The third kappa shape index (κ3) is 3.39. The highest BCUT2D eigenvalue weighted by Crippen LogP contribution is 2.30. The summed E-state index contributed by atoms with van der Waals surface area (Å²) < 4.78 is 1.04. The highest BCUT2D eigenvalue weighted by molar-refractivity contribution is 9.10. The number of carbonyl (C=O) groups excluding carboxylic acids is 1. The first kappa shape index (κ1) is 14.6. The maximum Gasteiger partial charge on any atom is 0.239 e. The van der Waals surface area contributed by atoms with E-state index in [0.29, 0.717) is 5.92 Å². The lowest BCUT2D eigenvalue weighted by Gasteiger charge is -2.10. The molecule has 1 aliphatic rings. The Hall–Kier alpha value is -0.810. The van der Waals surface area contributed by atoms with Gasteiger partial charge in [-0.15, -0.1) is 0 Å². The summed E-state index contributed by atoms with van der Waals surface area (Å²) in [5.74, 6) is 0.384. The van der Waals surface area contributed by atoms with Crippen molar-refractivity contribution in [1.82, 2.24) is 5.32 Å². The van der Waals surface area contributed by atoms with Gasteiger partial charge >= 0.3 is 0 Å². The lowest BCUT2D eigenvalue weighted by molar-refractivity contribution is -0.119. The predicted molar refractivity (Wildman–Crippen MR) is 84.4 cm³/mol. The fourth-order valence-electron chi connectivity index (χ4n) is 1.94. The number of amides is 1. The lowest BCUT2D eigenvalue weighted by Crippen LogP contribution is -2.27. The molecule has 1 N–H and O–H groups in total. The number of hydrogen-bond acceptors (Lipinski definition) is 3. The van der Waals surface area contributed by atoms with Crippen LogP contribution < -0.4 is 5.32 Å². The number of nitrogens with one attached hydrogen (secondary N) is 1. The largest absolute Gasteiger partial charge is 0.304 e. The minimum Gasteiger partial charge on any atom is -0.304 e. The second-order valence-corrected chi connectivity index (χ2v) is 6.89. The molecule has 1 aliphatic heterocycles. The van der Waals surface area contributed by atoms with Gasteiger partial charge in [0.05, 0.1) is 11.3 Å². The number of benzene rings is 1. The molecule has 1 aromatic rings. The van der Waals surface area contributed by atoms with Crippen LogP contribution in [0.5, 0.6) is 0 Å². The Labute approximate surface area is 126 Å². The summed E-state index contributed by atoms with van der Waals surface area (Å²) in [5, 5.41) is 3.57. The molecule has 1 saturated heterocycles. The second kappa shape index (κ2) is 6.09. The normalized spacial score (nSPS) is 22.9. The highest BCUT2D eigenvalue weighted by Gasteiger charge is 2.32. The first-order chi connectivity index (χ1) is 8.99. The zero-order valence-corrected chi connectivity index (χ0v) is 13.6. The van der Waals surface area contributed by atoms with Gasteiger partial charge in [0.15, 0.2) is 5.17 Å². The minimum absolute atomic E-state index is 0.0179. The van der Waals surface area contributed by atoms with E-state index < -0.39 is 0 Å². The molecule has 19 heavy (non-hydrogen) atoms. The van der Waals surface area contributed by atoms with Crippen molar-refractivity contribution in [3.05, 3.63) is 34.3 Å². The first-order valence-electron chi connectivity index (χ1n) is 6.28. The molecule has 3 nitrogen and oxygen atoms in total. The third-order valence-electron chi connectivity index (χ3n) is 3.00. The molecule has 1 amide bonds. The maximum absolute atomic E-state index is 11.8. The molecular formula is C14H17BrN2OS. The molecule has 0 aromatic heterocycles. The first-order valence-corrected chi connectivity index (χ1v) is 7.96. The molecule has 2 atom stereocenters. The van der Waals surface area contributed by atoms with Crippen LogP contribution in [0.2, 0.25) is 0 Å². The van der Waals surface area contributed by atoms with Gasteiger partial charge in [0.2, 0.25) is 5.91 Å². The van der Waals surface area contributed by atoms with Crippen molar-refractivity contribution in [3.63, 3.8) is 0 Å². The summed E-state index contributed by atoms with van der Waals surface area (Å²) in [5.41, 5.74) is 1.12. The second-order valence-electron chi connectivity index (χ2n) is 4.90. The van der Waals surface area contributed by atoms with Gasteiger partial charge < -0.3 is 5.32 Å². The molecule has 102 valence electrons. The number of hydrogen-bond donors (Lipinski definition) is 1. The molecule has 0 radical (unpaired) electrons. The summed E-state index contributed by atoms with van der Waals surface area (Å²) in [7, 11) is 0. The fraction of sp³-hybridized carbons (Fsp3) is 0.429. The summed E-state index contributed by atoms with van der Waals surface area (Å²) >= 11 is 5.06. The van der Waals surface area contributed by atoms with E-state index in [-0.39, 0.29) is 17.2 Å². The van der Waals surface area contributed by atoms with Crippen molar-refractivity contribution in [2.24, 2.45) is 10.9 Å². The summed E-state index contributed by atoms with van der Waals surface area (Å²) in [6, 6.07) is 8.04. The van der Waals surface area contributed by atoms with Gasteiger partial charge in [0.1, 0.15) is 0 Å². The van der Waals surface area contributed by atoms with Gasteiger partial charge in [-0.25, -0.2) is 0 Å². The molecule has 2 rings (SSSR count). The van der Waals surface area contributed by atoms with Crippen molar-refractivity contribution in [2.45, 2.75) is 32.1 Å². The smallest absolute Gasteiger partial charge is 0.239 e. The topological polar surface area (TPSA) is 41.5 Å². The standard InChI is InChI=1S/C14H17BrN2OS/c1-8(2)12-13(18)17-14(19-12)16-9(3)10-6-4-5-7-11(10)15/h4-9,12H,1-3H3,(H,16,17,18)/t9-,12?/m0/s1. The number of halogens is 1. The SMILES string of the molecule is CC(C)C1SC(=N[C@@H](C)c2ccccc2Br)NC1=O. The molecule has 0 bridgehead atoms. The monoisotopic (exact) mass is 340 g/mol. The minimum atomic E-state index is -0.0230. The summed E-state index contributed by atoms with van der Waals surface area (Å²) in [6.45, 7) is 6.14. The van der Waals surface area contributed by atoms with E-state index in [9.17, 15) is 4.79 Å². The Morgan fingerprint density at radius 3 is 2.58 bits per heavy atom. The fourth-order valence-corrected chi connectivity index (χ4v) is 3.61. The van der Waals surface area contributed by atoms with Crippen LogP contribution in [0, 0.1) is 5.92 Å². The van der Waals surface area contributed by atoms with Gasteiger partial charge in [-0.05, 0) is 24.5 Å². The van der Waals surface area contributed by atoms with Gasteiger partial charge in [-0.3, -0.25) is 9.79 Å². The molecule has 1 unspecified atom stereocenters. The number of thioether (sulfide) groups is 1. The number of rotatable bonds is 3. The van der Waals surface area contributed by atoms with Crippen molar-refractivity contribution in [3.8, 4) is 0 Å². The van der Waals surface area contributed by atoms with Crippen LogP contribution in [0.4, 0.5) is 0 Å². The molecule has 0 aliphatic carbocycles. The molecule has 5 heteroatoms.